The average Bonchev–Trinajstić information content (AvgIpc) is 3.42. The highest BCUT2D eigenvalue weighted by Gasteiger charge is 2.32. The van der Waals surface area contributed by atoms with Crippen molar-refractivity contribution in [3.05, 3.63) is 68.2 Å². The second kappa shape index (κ2) is 9.31. The highest BCUT2D eigenvalue weighted by molar-refractivity contribution is 7.18. The Hall–Kier alpha value is -4.59. The fourth-order valence-corrected chi connectivity index (χ4v) is 5.89. The van der Waals surface area contributed by atoms with Crippen molar-refractivity contribution in [1.82, 2.24) is 14.8 Å². The standard InChI is InChI=1S/C25H21FN6O6S/c1-13-12-38-22-19-16(21(33)17(24(34)35)11-31(13)19)10-18(26)20(22)29-5-7-30(8-6-29)25-28-27-23(39-25)14-3-2-4-15(9-14)32(36)37/h2-4,9-11,13H,5-8,12H2,1H3,(H,34,35)/t13-/m0/s1. The van der Waals surface area contributed by atoms with Gasteiger partial charge < -0.3 is 24.2 Å². The summed E-state index contributed by atoms with van der Waals surface area (Å²) in [5, 5.41) is 30.2. The van der Waals surface area contributed by atoms with Crippen molar-refractivity contribution in [3.63, 3.8) is 0 Å². The summed E-state index contributed by atoms with van der Waals surface area (Å²) < 4.78 is 23.1. The Morgan fingerprint density at radius 1 is 1.21 bits per heavy atom. The fraction of sp³-hybridized carbons (Fsp3) is 0.280. The van der Waals surface area contributed by atoms with Crippen LogP contribution in [-0.2, 0) is 0 Å². The van der Waals surface area contributed by atoms with Gasteiger partial charge in [0.2, 0.25) is 10.6 Å². The second-order valence-electron chi connectivity index (χ2n) is 9.35. The Bertz CT molecular complexity index is 1710. The molecule has 14 heteroatoms. The number of aromatic nitrogens is 3. The summed E-state index contributed by atoms with van der Waals surface area (Å²) in [6, 6.07) is 7.07. The lowest BCUT2D eigenvalue weighted by Crippen LogP contribution is -2.47. The minimum Gasteiger partial charge on any atom is -0.487 e. The van der Waals surface area contributed by atoms with Gasteiger partial charge >= 0.3 is 5.97 Å². The number of carbonyl (C=O) groups is 1. The zero-order valence-electron chi connectivity index (χ0n) is 20.5. The summed E-state index contributed by atoms with van der Waals surface area (Å²) in [4.78, 5) is 39.0. The number of carboxylic acid groups (broad SMARTS) is 1. The lowest BCUT2D eigenvalue weighted by atomic mass is 10.1. The van der Waals surface area contributed by atoms with Crippen molar-refractivity contribution in [3.8, 4) is 16.3 Å². The monoisotopic (exact) mass is 552 g/mol. The van der Waals surface area contributed by atoms with E-state index in [2.05, 4.69) is 10.2 Å². The molecule has 1 N–H and O–H groups in total. The summed E-state index contributed by atoms with van der Waals surface area (Å²) in [5.74, 6) is -1.79. The van der Waals surface area contributed by atoms with E-state index in [4.69, 9.17) is 4.74 Å². The largest absolute Gasteiger partial charge is 0.487 e. The lowest BCUT2D eigenvalue weighted by Gasteiger charge is -2.38. The molecule has 2 aromatic carbocycles. The van der Waals surface area contributed by atoms with Crippen molar-refractivity contribution >= 4 is 44.7 Å². The maximum absolute atomic E-state index is 15.5. The minimum absolute atomic E-state index is 0.0274. The number of halogens is 1. The van der Waals surface area contributed by atoms with Gasteiger partial charge in [-0.3, -0.25) is 14.9 Å². The molecule has 1 saturated heterocycles. The van der Waals surface area contributed by atoms with E-state index in [1.165, 1.54) is 29.7 Å². The molecule has 12 nitrogen and oxygen atoms in total. The number of nitro groups is 1. The van der Waals surface area contributed by atoms with Gasteiger partial charge in [-0.2, -0.15) is 0 Å². The van der Waals surface area contributed by atoms with E-state index in [0.29, 0.717) is 47.4 Å². The van der Waals surface area contributed by atoms with Gasteiger partial charge in [0, 0.05) is 50.1 Å². The molecule has 2 aromatic heterocycles. The predicted molar refractivity (Wildman–Crippen MR) is 142 cm³/mol. The van der Waals surface area contributed by atoms with Crippen LogP contribution in [0.2, 0.25) is 0 Å². The molecule has 1 fully saturated rings. The van der Waals surface area contributed by atoms with Crippen LogP contribution in [-0.4, -0.2) is 63.5 Å². The number of nitro benzene ring substituents is 1. The maximum atomic E-state index is 15.5. The lowest BCUT2D eigenvalue weighted by molar-refractivity contribution is -0.384. The number of non-ortho nitro benzene ring substituents is 1. The molecule has 0 amide bonds. The third kappa shape index (κ3) is 4.12. The molecule has 200 valence electrons. The Morgan fingerprint density at radius 2 is 1.95 bits per heavy atom. The Balaban J connectivity index is 1.28. The molecular weight excluding hydrogens is 531 g/mol. The third-order valence-corrected chi connectivity index (χ3v) is 7.99. The van der Waals surface area contributed by atoms with Gasteiger partial charge in [0.15, 0.2) is 11.6 Å². The highest BCUT2D eigenvalue weighted by atomic mass is 32.1. The van der Waals surface area contributed by atoms with Crippen molar-refractivity contribution in [1.29, 1.82) is 0 Å². The molecular formula is C25H21FN6O6S. The van der Waals surface area contributed by atoms with E-state index in [1.807, 2.05) is 16.7 Å². The summed E-state index contributed by atoms with van der Waals surface area (Å²) in [5.41, 5.74) is 0.0317. The molecule has 0 radical (unpaired) electrons. The predicted octanol–water partition coefficient (Wildman–Crippen LogP) is 3.55. The van der Waals surface area contributed by atoms with Crippen molar-refractivity contribution in [2.24, 2.45) is 0 Å². The van der Waals surface area contributed by atoms with Crippen molar-refractivity contribution < 1.29 is 24.0 Å². The SMILES string of the molecule is C[C@H]1COc2c(N3CCN(c4nnc(-c5cccc([N+](=O)[O-])c5)s4)CC3)c(F)cc3c(=O)c(C(=O)O)cn1c23. The van der Waals surface area contributed by atoms with E-state index in [9.17, 15) is 24.8 Å². The average molecular weight is 553 g/mol. The number of anilines is 2. The first kappa shape index (κ1) is 24.7. The molecule has 0 unspecified atom stereocenters. The molecule has 2 aliphatic rings. The van der Waals surface area contributed by atoms with Gasteiger partial charge in [0.1, 0.15) is 22.9 Å². The Labute approximate surface area is 223 Å². The van der Waals surface area contributed by atoms with Crippen LogP contribution in [0.3, 0.4) is 0 Å². The normalized spacial score (nSPS) is 16.8. The fourth-order valence-electron chi connectivity index (χ4n) is 4.99. The number of piperazine rings is 1. The van der Waals surface area contributed by atoms with Crippen LogP contribution in [0.25, 0.3) is 21.5 Å². The number of hydrogen-bond donors (Lipinski definition) is 1. The molecule has 39 heavy (non-hydrogen) atoms. The van der Waals surface area contributed by atoms with Gasteiger partial charge in [-0.15, -0.1) is 10.2 Å². The summed E-state index contributed by atoms with van der Waals surface area (Å²) in [6.45, 7) is 3.90. The number of aromatic carboxylic acids is 1. The number of benzene rings is 2. The zero-order valence-corrected chi connectivity index (χ0v) is 21.4. The van der Waals surface area contributed by atoms with E-state index >= 15 is 4.39 Å². The van der Waals surface area contributed by atoms with Crippen molar-refractivity contribution in [2.45, 2.75) is 13.0 Å². The van der Waals surface area contributed by atoms with Crippen LogP contribution >= 0.6 is 11.3 Å². The molecule has 4 aromatic rings. The van der Waals surface area contributed by atoms with Gasteiger partial charge in [-0.25, -0.2) is 9.18 Å². The van der Waals surface area contributed by atoms with E-state index in [-0.39, 0.29) is 35.2 Å². The third-order valence-electron chi connectivity index (χ3n) is 6.96. The summed E-state index contributed by atoms with van der Waals surface area (Å²) in [6.07, 6.45) is 1.30. The first-order valence-electron chi connectivity index (χ1n) is 12.1. The number of carboxylic acids is 1. The van der Waals surface area contributed by atoms with Gasteiger partial charge in [-0.1, -0.05) is 23.5 Å². The minimum atomic E-state index is -1.36. The smallest absolute Gasteiger partial charge is 0.341 e. The van der Waals surface area contributed by atoms with Crippen LogP contribution in [0.4, 0.5) is 20.9 Å². The molecule has 0 aliphatic carbocycles. The van der Waals surface area contributed by atoms with Crippen LogP contribution in [0.15, 0.2) is 41.3 Å². The molecule has 1 atom stereocenters. The quantitative estimate of drug-likeness (QED) is 0.288. The van der Waals surface area contributed by atoms with Gasteiger partial charge in [0.05, 0.1) is 21.9 Å². The molecule has 4 heterocycles. The topological polar surface area (TPSA) is 144 Å². The van der Waals surface area contributed by atoms with E-state index < -0.39 is 27.7 Å². The molecule has 0 bridgehead atoms. The zero-order chi connectivity index (χ0) is 27.4. The first-order valence-corrected chi connectivity index (χ1v) is 12.9. The maximum Gasteiger partial charge on any atom is 0.341 e. The molecule has 6 rings (SSSR count). The number of hydrogen-bond acceptors (Lipinski definition) is 10. The number of ether oxygens (including phenoxy) is 1. The number of rotatable bonds is 5. The van der Waals surface area contributed by atoms with Crippen LogP contribution in [0.1, 0.15) is 23.3 Å². The number of pyridine rings is 1. The molecule has 0 spiro atoms. The number of nitrogens with zero attached hydrogens (tertiary/aromatic N) is 6. The first-order chi connectivity index (χ1) is 18.7. The Kier molecular flexibility index (Phi) is 5.90. The van der Waals surface area contributed by atoms with E-state index in [1.54, 1.807) is 16.7 Å². The van der Waals surface area contributed by atoms with Gasteiger partial charge in [-0.05, 0) is 13.0 Å². The van der Waals surface area contributed by atoms with Crippen LogP contribution in [0, 0.1) is 15.9 Å². The Morgan fingerprint density at radius 3 is 2.67 bits per heavy atom. The highest BCUT2D eigenvalue weighted by Crippen LogP contribution is 2.42. The second-order valence-corrected chi connectivity index (χ2v) is 10.3. The van der Waals surface area contributed by atoms with Gasteiger partial charge in [0.25, 0.3) is 5.69 Å². The van der Waals surface area contributed by atoms with Crippen LogP contribution < -0.4 is 20.0 Å². The van der Waals surface area contributed by atoms with E-state index in [0.717, 1.165) is 6.07 Å². The van der Waals surface area contributed by atoms with Crippen LogP contribution in [0.5, 0.6) is 5.75 Å². The molecule has 2 aliphatic heterocycles. The molecule has 0 saturated carbocycles. The summed E-state index contributed by atoms with van der Waals surface area (Å²) >= 11 is 1.32. The summed E-state index contributed by atoms with van der Waals surface area (Å²) in [7, 11) is 0. The van der Waals surface area contributed by atoms with Crippen molar-refractivity contribution in [2.75, 3.05) is 42.6 Å².